The van der Waals surface area contributed by atoms with Crippen molar-refractivity contribution in [2.24, 2.45) is 0 Å². The van der Waals surface area contributed by atoms with Crippen LogP contribution in [0.3, 0.4) is 0 Å². The van der Waals surface area contributed by atoms with Crippen LogP contribution in [0.4, 0.5) is 0 Å². The van der Waals surface area contributed by atoms with Gasteiger partial charge in [-0.05, 0) is 36.1 Å². The Bertz CT molecular complexity index is 312. The summed E-state index contributed by atoms with van der Waals surface area (Å²) in [6.45, 7) is 0. The highest BCUT2D eigenvalue weighted by Gasteiger charge is 2.04. The van der Waals surface area contributed by atoms with Crippen molar-refractivity contribution >= 4 is 40.2 Å². The van der Waals surface area contributed by atoms with E-state index in [2.05, 4.69) is 0 Å². The van der Waals surface area contributed by atoms with Crippen LogP contribution in [0.5, 0.6) is 0 Å². The molecule has 0 aliphatic heterocycles. The molecule has 1 nitrogen and oxygen atoms in total. The van der Waals surface area contributed by atoms with Crippen molar-refractivity contribution in [2.45, 2.75) is 4.90 Å². The SMILES string of the molecule is CSc1cc(Cl)cc(C(=O)Cl)c1. The fourth-order valence-electron chi connectivity index (χ4n) is 0.794. The van der Waals surface area contributed by atoms with Gasteiger partial charge in [-0.1, -0.05) is 11.6 Å². The van der Waals surface area contributed by atoms with Gasteiger partial charge in [-0.15, -0.1) is 11.8 Å². The molecule has 0 unspecified atom stereocenters. The van der Waals surface area contributed by atoms with Gasteiger partial charge in [-0.2, -0.15) is 0 Å². The molecule has 0 spiro atoms. The molecule has 0 saturated heterocycles. The van der Waals surface area contributed by atoms with Crippen LogP contribution in [0.2, 0.25) is 5.02 Å². The Hall–Kier alpha value is -0.180. The number of rotatable bonds is 2. The molecule has 0 radical (unpaired) electrons. The number of hydrogen-bond donors (Lipinski definition) is 0. The lowest BCUT2D eigenvalue weighted by Gasteiger charge is -1.99. The van der Waals surface area contributed by atoms with E-state index in [0.717, 1.165) is 4.90 Å². The summed E-state index contributed by atoms with van der Waals surface area (Å²) in [4.78, 5) is 11.7. The van der Waals surface area contributed by atoms with Gasteiger partial charge in [0.25, 0.3) is 5.24 Å². The Labute approximate surface area is 85.1 Å². The Morgan fingerprint density at radius 3 is 2.58 bits per heavy atom. The van der Waals surface area contributed by atoms with E-state index in [-0.39, 0.29) is 0 Å². The molecule has 1 aromatic carbocycles. The summed E-state index contributed by atoms with van der Waals surface area (Å²) in [5, 5.41) is 0.0543. The molecule has 0 atom stereocenters. The maximum Gasteiger partial charge on any atom is 0.252 e. The van der Waals surface area contributed by atoms with E-state index in [1.54, 1.807) is 18.2 Å². The first-order chi connectivity index (χ1) is 5.63. The minimum absolute atomic E-state index is 0.438. The molecule has 0 aliphatic carbocycles. The molecule has 0 saturated carbocycles. The number of hydrogen-bond acceptors (Lipinski definition) is 2. The largest absolute Gasteiger partial charge is 0.276 e. The first kappa shape index (κ1) is 9.90. The molecule has 0 heterocycles. The lowest BCUT2D eigenvalue weighted by molar-refractivity contribution is 0.108. The van der Waals surface area contributed by atoms with Gasteiger partial charge in [0, 0.05) is 15.5 Å². The fourth-order valence-corrected chi connectivity index (χ4v) is 1.69. The average Bonchev–Trinajstić information content (AvgIpc) is 2.03. The topological polar surface area (TPSA) is 17.1 Å². The smallest absolute Gasteiger partial charge is 0.252 e. The molecule has 0 amide bonds. The van der Waals surface area contributed by atoms with Crippen molar-refractivity contribution in [1.29, 1.82) is 0 Å². The van der Waals surface area contributed by atoms with Crippen molar-refractivity contribution < 1.29 is 4.79 Å². The van der Waals surface area contributed by atoms with Crippen LogP contribution in [-0.2, 0) is 0 Å². The Morgan fingerprint density at radius 1 is 1.42 bits per heavy atom. The van der Waals surface area contributed by atoms with Crippen LogP contribution < -0.4 is 0 Å². The first-order valence-corrected chi connectivity index (χ1v) is 5.16. The summed E-state index contributed by atoms with van der Waals surface area (Å²) in [6, 6.07) is 5.05. The number of carbonyl (C=O) groups is 1. The van der Waals surface area contributed by atoms with E-state index in [4.69, 9.17) is 23.2 Å². The van der Waals surface area contributed by atoms with E-state index in [1.807, 2.05) is 6.26 Å². The molecule has 0 N–H and O–H groups in total. The summed E-state index contributed by atoms with van der Waals surface area (Å²) in [5.74, 6) is 0. The van der Waals surface area contributed by atoms with Crippen LogP contribution in [0.1, 0.15) is 10.4 Å². The summed E-state index contributed by atoms with van der Waals surface area (Å²) >= 11 is 12.6. The van der Waals surface area contributed by atoms with Crippen molar-refractivity contribution in [3.8, 4) is 0 Å². The van der Waals surface area contributed by atoms with Crippen LogP contribution in [0.25, 0.3) is 0 Å². The Balaban J connectivity index is 3.15. The van der Waals surface area contributed by atoms with Crippen molar-refractivity contribution in [1.82, 2.24) is 0 Å². The average molecular weight is 221 g/mol. The molecule has 1 aromatic rings. The van der Waals surface area contributed by atoms with E-state index >= 15 is 0 Å². The third kappa shape index (κ3) is 2.41. The Morgan fingerprint density at radius 2 is 2.08 bits per heavy atom. The zero-order valence-corrected chi connectivity index (χ0v) is 8.63. The molecule has 0 bridgehead atoms. The van der Waals surface area contributed by atoms with Gasteiger partial charge in [-0.3, -0.25) is 4.79 Å². The van der Waals surface area contributed by atoms with Gasteiger partial charge in [0.2, 0.25) is 0 Å². The quantitative estimate of drug-likeness (QED) is 0.562. The number of thioether (sulfide) groups is 1. The molecular weight excluding hydrogens is 215 g/mol. The van der Waals surface area contributed by atoms with Crippen LogP contribution in [0.15, 0.2) is 23.1 Å². The molecule has 0 fully saturated rings. The van der Waals surface area contributed by atoms with Gasteiger partial charge in [-0.25, -0.2) is 0 Å². The molecule has 12 heavy (non-hydrogen) atoms. The minimum atomic E-state index is -0.479. The maximum atomic E-state index is 10.8. The predicted molar refractivity (Wildman–Crippen MR) is 53.4 cm³/mol. The monoisotopic (exact) mass is 220 g/mol. The van der Waals surface area contributed by atoms with Gasteiger partial charge >= 0.3 is 0 Å². The third-order valence-electron chi connectivity index (χ3n) is 1.33. The highest BCUT2D eigenvalue weighted by atomic mass is 35.5. The normalized spacial score (nSPS) is 9.92. The van der Waals surface area contributed by atoms with Crippen LogP contribution in [0, 0.1) is 0 Å². The van der Waals surface area contributed by atoms with E-state index in [0.29, 0.717) is 10.6 Å². The number of halogens is 2. The van der Waals surface area contributed by atoms with Crippen LogP contribution >= 0.6 is 35.0 Å². The third-order valence-corrected chi connectivity index (χ3v) is 2.48. The van der Waals surface area contributed by atoms with Gasteiger partial charge < -0.3 is 0 Å². The second kappa shape index (κ2) is 4.17. The van der Waals surface area contributed by atoms with Gasteiger partial charge in [0.05, 0.1) is 0 Å². The second-order valence-corrected chi connectivity index (χ2v) is 3.81. The lowest BCUT2D eigenvalue weighted by Crippen LogP contribution is -1.88. The van der Waals surface area contributed by atoms with Crippen molar-refractivity contribution in [2.75, 3.05) is 6.26 Å². The van der Waals surface area contributed by atoms with Crippen molar-refractivity contribution in [3.05, 3.63) is 28.8 Å². The van der Waals surface area contributed by atoms with E-state index < -0.39 is 5.24 Å². The predicted octanol–water partition coefficient (Wildman–Crippen LogP) is 3.44. The molecule has 0 aromatic heterocycles. The highest BCUT2D eigenvalue weighted by Crippen LogP contribution is 2.22. The standard InChI is InChI=1S/C8H6Cl2OS/c1-12-7-3-5(8(10)11)2-6(9)4-7/h2-4H,1H3. The molecular formula is C8H6Cl2OS. The minimum Gasteiger partial charge on any atom is -0.276 e. The van der Waals surface area contributed by atoms with Gasteiger partial charge in [0.1, 0.15) is 0 Å². The zero-order valence-electron chi connectivity index (χ0n) is 6.30. The molecule has 4 heteroatoms. The zero-order chi connectivity index (χ0) is 9.14. The van der Waals surface area contributed by atoms with Gasteiger partial charge in [0.15, 0.2) is 0 Å². The summed E-state index contributed by atoms with van der Waals surface area (Å²) in [7, 11) is 0. The number of benzene rings is 1. The second-order valence-electron chi connectivity index (χ2n) is 2.15. The highest BCUT2D eigenvalue weighted by molar-refractivity contribution is 7.98. The molecule has 64 valence electrons. The lowest BCUT2D eigenvalue weighted by atomic mass is 10.2. The first-order valence-electron chi connectivity index (χ1n) is 3.18. The summed E-state index contributed by atoms with van der Waals surface area (Å²) in [5.41, 5.74) is 0.438. The van der Waals surface area contributed by atoms with E-state index in [9.17, 15) is 4.79 Å². The number of carbonyl (C=O) groups excluding carboxylic acids is 1. The molecule has 1 rings (SSSR count). The summed E-state index contributed by atoms with van der Waals surface area (Å²) in [6.07, 6.45) is 1.91. The Kier molecular flexibility index (Phi) is 3.44. The fraction of sp³-hybridized carbons (Fsp3) is 0.125. The van der Waals surface area contributed by atoms with E-state index in [1.165, 1.54) is 11.8 Å². The van der Waals surface area contributed by atoms with Crippen LogP contribution in [-0.4, -0.2) is 11.5 Å². The molecule has 0 aliphatic rings. The van der Waals surface area contributed by atoms with Crippen molar-refractivity contribution in [3.63, 3.8) is 0 Å². The summed E-state index contributed by atoms with van der Waals surface area (Å²) < 4.78 is 0. The maximum absolute atomic E-state index is 10.8.